The van der Waals surface area contributed by atoms with Crippen LogP contribution in [0.15, 0.2) is 23.6 Å². The molecular formula is C10H13NO3. The second-order valence-corrected chi connectivity index (χ2v) is 3.39. The van der Waals surface area contributed by atoms with Crippen LogP contribution in [0.25, 0.3) is 0 Å². The van der Waals surface area contributed by atoms with Crippen LogP contribution in [-0.2, 0) is 9.59 Å². The van der Waals surface area contributed by atoms with E-state index >= 15 is 0 Å². The molecule has 1 saturated carbocycles. The number of aliphatic hydroxyl groups excluding tert-OH is 1. The first-order chi connectivity index (χ1) is 6.52. The fraction of sp³-hybridized carbons (Fsp3) is 0.400. The smallest absolute Gasteiger partial charge is 0.170 e. The molecule has 0 bridgehead atoms. The van der Waals surface area contributed by atoms with Gasteiger partial charge in [-0.25, -0.2) is 0 Å². The summed E-state index contributed by atoms with van der Waals surface area (Å²) in [5.74, 6) is -0.766. The molecule has 0 aliphatic heterocycles. The number of rotatable bonds is 2. The zero-order chi connectivity index (χ0) is 10.7. The summed E-state index contributed by atoms with van der Waals surface area (Å²) in [6.07, 6.45) is 3.37. The molecule has 0 spiro atoms. The molecule has 4 heteroatoms. The molecule has 4 nitrogen and oxygen atoms in total. The maximum Gasteiger partial charge on any atom is 0.170 e. The van der Waals surface area contributed by atoms with Gasteiger partial charge in [0.1, 0.15) is 11.3 Å². The summed E-state index contributed by atoms with van der Waals surface area (Å²) in [7, 11) is 3.57. The molecule has 76 valence electrons. The summed E-state index contributed by atoms with van der Waals surface area (Å²) in [4.78, 5) is 24.1. The highest BCUT2D eigenvalue weighted by atomic mass is 16.3. The second-order valence-electron chi connectivity index (χ2n) is 3.39. The van der Waals surface area contributed by atoms with Crippen LogP contribution in [0.5, 0.6) is 0 Å². The Hall–Kier alpha value is -1.58. The molecule has 0 saturated heterocycles. The van der Waals surface area contributed by atoms with Crippen molar-refractivity contribution in [1.29, 1.82) is 0 Å². The van der Waals surface area contributed by atoms with Crippen molar-refractivity contribution in [1.82, 2.24) is 4.90 Å². The van der Waals surface area contributed by atoms with Crippen LogP contribution in [0.4, 0.5) is 0 Å². The number of nitrogens with zero attached hydrogens (tertiary/aromatic N) is 1. The van der Waals surface area contributed by atoms with E-state index in [0.717, 1.165) is 0 Å². The zero-order valence-electron chi connectivity index (χ0n) is 8.28. The van der Waals surface area contributed by atoms with E-state index in [9.17, 15) is 14.7 Å². The van der Waals surface area contributed by atoms with Gasteiger partial charge in [0.05, 0.1) is 0 Å². The van der Waals surface area contributed by atoms with Crippen molar-refractivity contribution < 1.29 is 14.7 Å². The lowest BCUT2D eigenvalue weighted by atomic mass is 10.1. The quantitative estimate of drug-likeness (QED) is 0.402. The average molecular weight is 195 g/mol. The van der Waals surface area contributed by atoms with Crippen LogP contribution in [0.1, 0.15) is 12.8 Å². The average Bonchev–Trinajstić information content (AvgIpc) is 2.42. The Balaban J connectivity index is 2.92. The molecule has 0 aromatic rings. The maximum absolute atomic E-state index is 11.2. The van der Waals surface area contributed by atoms with Gasteiger partial charge < -0.3 is 10.0 Å². The lowest BCUT2D eigenvalue weighted by Gasteiger charge is -2.03. The van der Waals surface area contributed by atoms with E-state index in [1.807, 2.05) is 0 Å². The molecule has 1 rings (SSSR count). The van der Waals surface area contributed by atoms with E-state index in [2.05, 4.69) is 0 Å². The minimum absolute atomic E-state index is 0.0527. The SMILES string of the molecule is CN(C)C=CC(O)=C1C(=O)CCC1=O. The summed E-state index contributed by atoms with van der Waals surface area (Å²) in [5.41, 5.74) is -0.0527. The van der Waals surface area contributed by atoms with Crippen molar-refractivity contribution in [2.24, 2.45) is 0 Å². The van der Waals surface area contributed by atoms with E-state index < -0.39 is 0 Å². The number of hydrogen-bond acceptors (Lipinski definition) is 4. The van der Waals surface area contributed by atoms with Crippen LogP contribution in [-0.4, -0.2) is 35.7 Å². The molecule has 0 aromatic heterocycles. The summed E-state index contributed by atoms with van der Waals surface area (Å²) < 4.78 is 0. The Morgan fingerprint density at radius 2 is 1.79 bits per heavy atom. The Labute approximate surface area is 82.5 Å². The summed E-state index contributed by atoms with van der Waals surface area (Å²) in [6, 6.07) is 0. The van der Waals surface area contributed by atoms with Gasteiger partial charge in [-0.05, 0) is 6.08 Å². The maximum atomic E-state index is 11.2. The molecule has 14 heavy (non-hydrogen) atoms. The van der Waals surface area contributed by atoms with Crippen LogP contribution < -0.4 is 0 Å². The van der Waals surface area contributed by atoms with Crippen molar-refractivity contribution in [3.8, 4) is 0 Å². The number of hydrogen-bond donors (Lipinski definition) is 1. The third kappa shape index (κ3) is 2.22. The lowest BCUT2D eigenvalue weighted by Crippen LogP contribution is -2.05. The third-order valence-corrected chi connectivity index (χ3v) is 1.92. The molecule has 0 amide bonds. The number of allylic oxidation sites excluding steroid dienone is 2. The first-order valence-electron chi connectivity index (χ1n) is 4.36. The minimum Gasteiger partial charge on any atom is -0.507 e. The predicted octanol–water partition coefficient (Wildman–Crippen LogP) is 0.806. The first-order valence-corrected chi connectivity index (χ1v) is 4.36. The van der Waals surface area contributed by atoms with Crippen LogP contribution >= 0.6 is 0 Å². The molecule has 1 N–H and O–H groups in total. The molecule has 0 heterocycles. The third-order valence-electron chi connectivity index (χ3n) is 1.92. The van der Waals surface area contributed by atoms with Crippen molar-refractivity contribution in [2.45, 2.75) is 12.8 Å². The van der Waals surface area contributed by atoms with E-state index in [-0.39, 0.29) is 35.7 Å². The fourth-order valence-electron chi connectivity index (χ4n) is 1.22. The van der Waals surface area contributed by atoms with Crippen molar-refractivity contribution in [2.75, 3.05) is 14.1 Å². The molecule has 0 unspecified atom stereocenters. The highest BCUT2D eigenvalue weighted by molar-refractivity contribution is 6.25. The fourth-order valence-corrected chi connectivity index (χ4v) is 1.22. The van der Waals surface area contributed by atoms with Gasteiger partial charge in [0.2, 0.25) is 0 Å². The minimum atomic E-state index is -0.268. The Kier molecular flexibility index (Phi) is 3.06. The lowest BCUT2D eigenvalue weighted by molar-refractivity contribution is -0.116. The summed E-state index contributed by atoms with van der Waals surface area (Å²) in [5, 5.41) is 9.46. The van der Waals surface area contributed by atoms with Crippen LogP contribution in [0.3, 0.4) is 0 Å². The molecule has 0 aromatic carbocycles. The van der Waals surface area contributed by atoms with Crippen LogP contribution in [0, 0.1) is 0 Å². The molecule has 1 fully saturated rings. The first kappa shape index (κ1) is 10.5. The van der Waals surface area contributed by atoms with Gasteiger partial charge in [-0.1, -0.05) is 0 Å². The normalized spacial score (nSPS) is 16.9. The van der Waals surface area contributed by atoms with Crippen molar-refractivity contribution in [3.05, 3.63) is 23.6 Å². The zero-order valence-corrected chi connectivity index (χ0v) is 8.28. The molecule has 1 aliphatic carbocycles. The number of Topliss-reactive ketones (excluding diaryl/α,β-unsaturated/α-hetero) is 2. The second kappa shape index (κ2) is 4.09. The molecular weight excluding hydrogens is 182 g/mol. The highest BCUT2D eigenvalue weighted by Gasteiger charge is 2.28. The van der Waals surface area contributed by atoms with E-state index in [1.54, 1.807) is 25.2 Å². The van der Waals surface area contributed by atoms with Gasteiger partial charge in [0, 0.05) is 33.1 Å². The monoisotopic (exact) mass is 195 g/mol. The van der Waals surface area contributed by atoms with E-state index in [0.29, 0.717) is 0 Å². The van der Waals surface area contributed by atoms with Gasteiger partial charge in [-0.15, -0.1) is 0 Å². The van der Waals surface area contributed by atoms with Gasteiger partial charge in [-0.2, -0.15) is 0 Å². The van der Waals surface area contributed by atoms with Gasteiger partial charge in [0.15, 0.2) is 11.6 Å². The molecule has 1 aliphatic rings. The number of carbonyl (C=O) groups is 2. The van der Waals surface area contributed by atoms with Crippen LogP contribution in [0.2, 0.25) is 0 Å². The van der Waals surface area contributed by atoms with Crippen molar-refractivity contribution >= 4 is 11.6 Å². The Bertz CT molecular complexity index is 308. The highest BCUT2D eigenvalue weighted by Crippen LogP contribution is 2.19. The largest absolute Gasteiger partial charge is 0.507 e. The Morgan fingerprint density at radius 3 is 2.21 bits per heavy atom. The van der Waals surface area contributed by atoms with E-state index in [1.165, 1.54) is 6.08 Å². The summed E-state index contributed by atoms with van der Waals surface area (Å²) in [6.45, 7) is 0. The van der Waals surface area contributed by atoms with Gasteiger partial charge in [0.25, 0.3) is 0 Å². The molecule has 0 radical (unpaired) electrons. The van der Waals surface area contributed by atoms with E-state index in [4.69, 9.17) is 0 Å². The topological polar surface area (TPSA) is 57.6 Å². The van der Waals surface area contributed by atoms with Crippen molar-refractivity contribution in [3.63, 3.8) is 0 Å². The number of aliphatic hydroxyl groups is 1. The standard InChI is InChI=1S/C10H13NO3/c1-11(2)6-5-9(14)10-7(12)3-4-8(10)13/h5-6,14H,3-4H2,1-2H3. The Morgan fingerprint density at radius 1 is 1.29 bits per heavy atom. The predicted molar refractivity (Wildman–Crippen MR) is 51.7 cm³/mol. The van der Waals surface area contributed by atoms with Gasteiger partial charge in [-0.3, -0.25) is 9.59 Å². The summed E-state index contributed by atoms with van der Waals surface area (Å²) >= 11 is 0. The number of carbonyl (C=O) groups excluding carboxylic acids is 2. The molecule has 0 atom stereocenters. The van der Waals surface area contributed by atoms with Gasteiger partial charge >= 0.3 is 0 Å². The number of ketones is 2.